The van der Waals surface area contributed by atoms with Gasteiger partial charge < -0.3 is 24.0 Å². The molecule has 0 saturated carbocycles. The Morgan fingerprint density at radius 3 is 2.10 bits per heavy atom. The van der Waals surface area contributed by atoms with Crippen LogP contribution >= 0.6 is 0 Å². The topological polar surface area (TPSA) is 91.1 Å². The van der Waals surface area contributed by atoms with Crippen LogP contribution in [0.5, 0.6) is 17.2 Å². The minimum Gasteiger partial charge on any atom is -0.496 e. The van der Waals surface area contributed by atoms with Crippen molar-refractivity contribution in [2.45, 2.75) is 65.5 Å². The van der Waals surface area contributed by atoms with Gasteiger partial charge in [-0.3, -0.25) is 4.79 Å². The molecule has 1 saturated heterocycles. The van der Waals surface area contributed by atoms with E-state index in [1.165, 1.54) is 4.68 Å². The van der Waals surface area contributed by atoms with Crippen molar-refractivity contribution < 1.29 is 19.0 Å². The molecule has 48 heavy (non-hydrogen) atoms. The summed E-state index contributed by atoms with van der Waals surface area (Å²) in [5.41, 5.74) is 3.62. The minimum atomic E-state index is -0.272. The lowest BCUT2D eigenvalue weighted by Crippen LogP contribution is -2.42. The van der Waals surface area contributed by atoms with Crippen LogP contribution < -0.4 is 24.8 Å². The Kier molecular flexibility index (Phi) is 11.5. The summed E-state index contributed by atoms with van der Waals surface area (Å²) in [6.45, 7) is 11.1. The predicted molar refractivity (Wildman–Crippen MR) is 189 cm³/mol. The molecule has 10 nitrogen and oxygen atoms in total. The molecule has 0 N–H and O–H groups in total. The molecule has 0 spiro atoms. The fourth-order valence-corrected chi connectivity index (χ4v) is 6.73. The molecule has 10 heteroatoms. The van der Waals surface area contributed by atoms with Crippen molar-refractivity contribution in [3.8, 4) is 22.9 Å². The summed E-state index contributed by atoms with van der Waals surface area (Å²) < 4.78 is 20.3. The number of hydrogen-bond donors (Lipinski definition) is 0. The number of ether oxygens (including phenoxy) is 3. The highest BCUT2D eigenvalue weighted by Gasteiger charge is 2.36. The van der Waals surface area contributed by atoms with Gasteiger partial charge in [0.1, 0.15) is 23.6 Å². The van der Waals surface area contributed by atoms with E-state index in [0.717, 1.165) is 54.9 Å². The molecule has 0 bridgehead atoms. The lowest BCUT2D eigenvalue weighted by atomic mass is 9.79. The Hall–Kier alpha value is -4.73. The molecule has 0 aliphatic carbocycles. The maximum atomic E-state index is 14.7. The summed E-state index contributed by atoms with van der Waals surface area (Å²) in [5, 5.41) is 4.25. The van der Waals surface area contributed by atoms with Gasteiger partial charge in [0.15, 0.2) is 0 Å². The van der Waals surface area contributed by atoms with E-state index >= 15 is 0 Å². The zero-order chi connectivity index (χ0) is 34.2. The van der Waals surface area contributed by atoms with Crippen molar-refractivity contribution in [2.24, 2.45) is 5.92 Å². The number of methoxy groups -OCH3 is 2. The molecule has 0 radical (unpaired) electrons. The van der Waals surface area contributed by atoms with Crippen LogP contribution in [0, 0.1) is 5.92 Å². The smallest absolute Gasteiger partial charge is 0.350 e. The van der Waals surface area contributed by atoms with Crippen LogP contribution in [-0.4, -0.2) is 65.6 Å². The number of hydrogen-bond acceptors (Lipinski definition) is 7. The first-order valence-electron chi connectivity index (χ1n) is 17.0. The first-order valence-corrected chi connectivity index (χ1v) is 17.0. The van der Waals surface area contributed by atoms with Gasteiger partial charge in [0.25, 0.3) is 0 Å². The van der Waals surface area contributed by atoms with Crippen LogP contribution in [0.2, 0.25) is 0 Å². The van der Waals surface area contributed by atoms with Crippen molar-refractivity contribution >= 4 is 11.6 Å². The fraction of sp³-hybridized carbons (Fsp3) is 0.447. The van der Waals surface area contributed by atoms with Gasteiger partial charge in [0.2, 0.25) is 5.91 Å². The number of aromatic nitrogens is 3. The minimum absolute atomic E-state index is 0.00202. The maximum Gasteiger partial charge on any atom is 0.350 e. The van der Waals surface area contributed by atoms with Crippen molar-refractivity contribution in [3.05, 3.63) is 94.7 Å². The van der Waals surface area contributed by atoms with E-state index in [-0.39, 0.29) is 29.5 Å². The Morgan fingerprint density at radius 2 is 1.56 bits per heavy atom. The third-order valence-corrected chi connectivity index (χ3v) is 9.16. The molecular weight excluding hydrogens is 606 g/mol. The summed E-state index contributed by atoms with van der Waals surface area (Å²) in [6.07, 6.45) is 4.16. The van der Waals surface area contributed by atoms with Gasteiger partial charge in [-0.25, -0.2) is 14.0 Å². The highest BCUT2D eigenvalue weighted by atomic mass is 16.5. The van der Waals surface area contributed by atoms with E-state index in [9.17, 15) is 9.59 Å². The van der Waals surface area contributed by atoms with Crippen LogP contribution in [0.1, 0.15) is 70.0 Å². The third kappa shape index (κ3) is 7.53. The quantitative estimate of drug-likeness (QED) is 0.154. The Morgan fingerprint density at radius 1 is 0.938 bits per heavy atom. The van der Waals surface area contributed by atoms with Gasteiger partial charge in [-0.1, -0.05) is 37.3 Å². The second-order valence-corrected chi connectivity index (χ2v) is 12.6. The predicted octanol–water partition coefficient (Wildman–Crippen LogP) is 6.47. The van der Waals surface area contributed by atoms with Crippen molar-refractivity contribution in [3.63, 3.8) is 0 Å². The van der Waals surface area contributed by atoms with E-state index in [0.29, 0.717) is 36.9 Å². The number of anilines is 1. The highest BCUT2D eigenvalue weighted by Crippen LogP contribution is 2.39. The number of amides is 1. The lowest BCUT2D eigenvalue weighted by molar-refractivity contribution is -0.135. The van der Waals surface area contributed by atoms with Gasteiger partial charge in [0, 0.05) is 37.5 Å². The van der Waals surface area contributed by atoms with E-state index in [1.807, 2.05) is 68.1 Å². The number of carbonyl (C=O) groups excluding carboxylic acids is 1. The molecule has 3 aromatic carbocycles. The van der Waals surface area contributed by atoms with Crippen LogP contribution in [0.25, 0.3) is 5.69 Å². The number of rotatable bonds is 14. The van der Waals surface area contributed by atoms with Gasteiger partial charge in [0.05, 0.1) is 50.6 Å². The number of carbonyl (C=O) groups is 1. The van der Waals surface area contributed by atoms with Crippen molar-refractivity contribution in [2.75, 3.05) is 45.4 Å². The zero-order valence-electron chi connectivity index (χ0n) is 29.1. The summed E-state index contributed by atoms with van der Waals surface area (Å²) >= 11 is 0. The van der Waals surface area contributed by atoms with E-state index in [1.54, 1.807) is 25.1 Å². The third-order valence-electron chi connectivity index (χ3n) is 9.16. The summed E-state index contributed by atoms with van der Waals surface area (Å²) in [6, 6.07) is 22.0. The molecular formula is C38H49N5O5. The molecule has 1 aliphatic heterocycles. The van der Waals surface area contributed by atoms with E-state index < -0.39 is 0 Å². The molecule has 1 atom stereocenters. The van der Waals surface area contributed by atoms with Crippen LogP contribution in [0.15, 0.2) is 77.9 Å². The summed E-state index contributed by atoms with van der Waals surface area (Å²) in [4.78, 5) is 31.8. The largest absolute Gasteiger partial charge is 0.496 e. The second kappa shape index (κ2) is 15.9. The zero-order valence-corrected chi connectivity index (χ0v) is 29.1. The Bertz CT molecular complexity index is 1670. The average Bonchev–Trinajstić information content (AvgIpc) is 3.50. The van der Waals surface area contributed by atoms with Crippen molar-refractivity contribution in [1.82, 2.24) is 19.2 Å². The molecule has 256 valence electrons. The highest BCUT2D eigenvalue weighted by molar-refractivity contribution is 5.84. The van der Waals surface area contributed by atoms with Gasteiger partial charge in [-0.05, 0) is 75.8 Å². The van der Waals surface area contributed by atoms with Crippen LogP contribution in [0.3, 0.4) is 0 Å². The normalized spacial score (nSPS) is 14.2. The van der Waals surface area contributed by atoms with Crippen LogP contribution in [0.4, 0.5) is 5.69 Å². The molecule has 1 fully saturated rings. The molecule has 1 aromatic heterocycles. The molecule has 4 aromatic rings. The number of benzene rings is 3. The molecule has 2 heterocycles. The van der Waals surface area contributed by atoms with E-state index in [4.69, 9.17) is 14.2 Å². The Balaban J connectivity index is 1.35. The average molecular weight is 656 g/mol. The first-order chi connectivity index (χ1) is 23.3. The molecule has 1 unspecified atom stereocenters. The second-order valence-electron chi connectivity index (χ2n) is 12.6. The summed E-state index contributed by atoms with van der Waals surface area (Å²) in [7, 11) is 3.27. The molecule has 5 rings (SSSR count). The van der Waals surface area contributed by atoms with Gasteiger partial charge in [-0.15, -0.1) is 0 Å². The van der Waals surface area contributed by atoms with E-state index in [2.05, 4.69) is 41.2 Å². The molecule has 1 amide bonds. The van der Waals surface area contributed by atoms with Crippen molar-refractivity contribution in [1.29, 1.82) is 0 Å². The number of nitrogens with zero attached hydrogens (tertiary/aromatic N) is 5. The van der Waals surface area contributed by atoms with Gasteiger partial charge in [-0.2, -0.15) is 5.10 Å². The molecule has 1 aliphatic rings. The standard InChI is InChI=1S/C38H49N5O5/c1-7-20-41(25-33-34(46-5)23-32(48-8-2)24-35(33)47-6)37(44)36(28-12-10-9-11-13-28)29-18-21-40(22-19-29)30-14-16-31(17-15-30)42-26-39-43(27(3)4)38(42)45/h9-17,23-24,26-27,29,36H,7-8,18-22,25H2,1-6H3. The first kappa shape index (κ1) is 34.6. The Labute approximate surface area is 283 Å². The maximum absolute atomic E-state index is 14.7. The lowest BCUT2D eigenvalue weighted by Gasteiger charge is -2.39. The summed E-state index contributed by atoms with van der Waals surface area (Å²) in [5.74, 6) is 1.98. The fourth-order valence-electron chi connectivity index (χ4n) is 6.73. The SMILES string of the molecule is CCCN(Cc1c(OC)cc(OCC)cc1OC)C(=O)C(c1ccccc1)C1CCN(c2ccc(-n3cnn(C(C)C)c3=O)cc2)CC1. The number of piperidine rings is 1. The monoisotopic (exact) mass is 655 g/mol. The van der Waals surface area contributed by atoms with Gasteiger partial charge >= 0.3 is 5.69 Å². The van der Waals surface area contributed by atoms with Crippen LogP contribution in [-0.2, 0) is 11.3 Å².